The highest BCUT2D eigenvalue weighted by Crippen LogP contribution is 2.26. The molecule has 0 aliphatic carbocycles. The van der Waals surface area contributed by atoms with Crippen molar-refractivity contribution in [2.75, 3.05) is 6.54 Å². The van der Waals surface area contributed by atoms with Gasteiger partial charge < -0.3 is 5.32 Å². The van der Waals surface area contributed by atoms with Crippen LogP contribution >= 0.6 is 0 Å². The summed E-state index contributed by atoms with van der Waals surface area (Å²) in [5, 5.41) is 7.77. The molecule has 0 saturated heterocycles. The summed E-state index contributed by atoms with van der Waals surface area (Å²) in [5.74, 6) is 0. The molecule has 0 amide bonds. The molecular weight excluding hydrogens is 250 g/mol. The Hall–Kier alpha value is -2.27. The molecule has 0 aliphatic rings. The summed E-state index contributed by atoms with van der Waals surface area (Å²) in [6, 6.07) is 6.18. The molecule has 0 radical (unpaired) electrons. The molecule has 0 bridgehead atoms. The van der Waals surface area contributed by atoms with Crippen molar-refractivity contribution in [2.45, 2.75) is 13.0 Å². The summed E-state index contributed by atoms with van der Waals surface area (Å²) in [6.45, 7) is 2.97. The van der Waals surface area contributed by atoms with E-state index in [0.29, 0.717) is 0 Å². The lowest BCUT2D eigenvalue weighted by atomic mass is 10.00. The molecule has 0 saturated carbocycles. The van der Waals surface area contributed by atoms with Gasteiger partial charge in [-0.3, -0.25) is 14.6 Å². The van der Waals surface area contributed by atoms with E-state index < -0.39 is 0 Å². The maximum Gasteiger partial charge on any atom is 0.0938 e. The van der Waals surface area contributed by atoms with E-state index in [0.717, 1.165) is 28.7 Å². The largest absolute Gasteiger partial charge is 0.306 e. The molecule has 3 rings (SSSR count). The zero-order valence-electron chi connectivity index (χ0n) is 11.6. The van der Waals surface area contributed by atoms with Crippen LogP contribution in [0.5, 0.6) is 0 Å². The number of nitrogens with zero attached hydrogens (tertiary/aromatic N) is 4. The van der Waals surface area contributed by atoms with Crippen LogP contribution in [0.3, 0.4) is 0 Å². The summed E-state index contributed by atoms with van der Waals surface area (Å²) in [4.78, 5) is 8.86. The van der Waals surface area contributed by atoms with Crippen LogP contribution < -0.4 is 5.32 Å². The molecule has 5 heteroatoms. The molecule has 1 N–H and O–H groups in total. The van der Waals surface area contributed by atoms with Crippen molar-refractivity contribution in [1.29, 1.82) is 0 Å². The van der Waals surface area contributed by atoms with Crippen molar-refractivity contribution < 1.29 is 0 Å². The number of hydrogen-bond acceptors (Lipinski definition) is 4. The van der Waals surface area contributed by atoms with Crippen LogP contribution in [-0.2, 0) is 7.05 Å². The minimum absolute atomic E-state index is 0.0779. The second kappa shape index (κ2) is 5.38. The van der Waals surface area contributed by atoms with Gasteiger partial charge in [-0.05, 0) is 12.6 Å². The molecule has 3 aromatic rings. The predicted octanol–water partition coefficient (Wildman–Crippen LogP) is 2.06. The van der Waals surface area contributed by atoms with Gasteiger partial charge >= 0.3 is 0 Å². The van der Waals surface area contributed by atoms with Crippen LogP contribution in [0.1, 0.15) is 24.1 Å². The summed E-state index contributed by atoms with van der Waals surface area (Å²) in [6.07, 6.45) is 7.38. The third kappa shape index (κ3) is 2.28. The number of aryl methyl sites for hydroxylation is 1. The Morgan fingerprint density at radius 3 is 2.85 bits per heavy atom. The van der Waals surface area contributed by atoms with Gasteiger partial charge in [-0.1, -0.05) is 19.1 Å². The molecule has 1 unspecified atom stereocenters. The number of aromatic nitrogens is 4. The van der Waals surface area contributed by atoms with E-state index in [1.165, 1.54) is 0 Å². The van der Waals surface area contributed by atoms with E-state index in [2.05, 4.69) is 33.4 Å². The molecule has 102 valence electrons. The third-order valence-electron chi connectivity index (χ3n) is 3.31. The lowest BCUT2D eigenvalue weighted by molar-refractivity contribution is 0.632. The SMILES string of the molecule is CCNC(c1cnn(C)c1)c1cccc2nccnc12. The van der Waals surface area contributed by atoms with Gasteiger partial charge in [0.2, 0.25) is 0 Å². The number of hydrogen-bond donors (Lipinski definition) is 1. The first-order chi connectivity index (χ1) is 9.79. The molecule has 20 heavy (non-hydrogen) atoms. The number of para-hydroxylation sites is 1. The zero-order chi connectivity index (χ0) is 13.9. The quantitative estimate of drug-likeness (QED) is 0.786. The first-order valence-corrected chi connectivity index (χ1v) is 6.71. The molecule has 0 fully saturated rings. The van der Waals surface area contributed by atoms with Crippen LogP contribution in [0.15, 0.2) is 43.0 Å². The second-order valence-corrected chi connectivity index (χ2v) is 4.71. The Balaban J connectivity index is 2.14. The molecule has 1 atom stereocenters. The van der Waals surface area contributed by atoms with E-state index >= 15 is 0 Å². The number of rotatable bonds is 4. The van der Waals surface area contributed by atoms with Gasteiger partial charge in [0.15, 0.2) is 0 Å². The maximum absolute atomic E-state index is 4.49. The van der Waals surface area contributed by atoms with Crippen LogP contribution in [0.4, 0.5) is 0 Å². The van der Waals surface area contributed by atoms with E-state index in [1.54, 1.807) is 12.4 Å². The molecule has 0 spiro atoms. The van der Waals surface area contributed by atoms with Gasteiger partial charge in [-0.15, -0.1) is 0 Å². The van der Waals surface area contributed by atoms with E-state index in [9.17, 15) is 0 Å². The highest BCUT2D eigenvalue weighted by molar-refractivity contribution is 5.78. The summed E-state index contributed by atoms with van der Waals surface area (Å²) in [7, 11) is 1.93. The highest BCUT2D eigenvalue weighted by atomic mass is 15.2. The average Bonchev–Trinajstić information content (AvgIpc) is 2.91. The fourth-order valence-corrected chi connectivity index (χ4v) is 2.45. The predicted molar refractivity (Wildman–Crippen MR) is 78.3 cm³/mol. The minimum Gasteiger partial charge on any atom is -0.306 e. The lowest BCUT2D eigenvalue weighted by Gasteiger charge is -2.18. The van der Waals surface area contributed by atoms with Crippen LogP contribution in [0.2, 0.25) is 0 Å². The number of nitrogens with one attached hydrogen (secondary N) is 1. The summed E-state index contributed by atoms with van der Waals surface area (Å²) in [5.41, 5.74) is 4.11. The average molecular weight is 267 g/mol. The lowest BCUT2D eigenvalue weighted by Crippen LogP contribution is -2.22. The van der Waals surface area contributed by atoms with Crippen molar-refractivity contribution in [2.24, 2.45) is 7.05 Å². The fourth-order valence-electron chi connectivity index (χ4n) is 2.45. The molecule has 2 aromatic heterocycles. The van der Waals surface area contributed by atoms with E-state index in [-0.39, 0.29) is 6.04 Å². The second-order valence-electron chi connectivity index (χ2n) is 4.71. The van der Waals surface area contributed by atoms with Gasteiger partial charge in [0.05, 0.1) is 23.3 Å². The topological polar surface area (TPSA) is 55.6 Å². The standard InChI is InChI=1S/C15H17N5/c1-3-16-14(11-9-19-20(2)10-11)12-5-4-6-13-15(12)18-8-7-17-13/h4-10,14,16H,3H2,1-2H3. The normalized spacial score (nSPS) is 12.7. The Bertz CT molecular complexity index is 714. The third-order valence-corrected chi connectivity index (χ3v) is 3.31. The van der Waals surface area contributed by atoms with Gasteiger partial charge in [0.25, 0.3) is 0 Å². The first-order valence-electron chi connectivity index (χ1n) is 6.71. The smallest absolute Gasteiger partial charge is 0.0938 e. The molecule has 0 aliphatic heterocycles. The number of fused-ring (bicyclic) bond motifs is 1. The van der Waals surface area contributed by atoms with Gasteiger partial charge in [0.1, 0.15) is 0 Å². The Morgan fingerprint density at radius 1 is 1.25 bits per heavy atom. The van der Waals surface area contributed by atoms with Gasteiger partial charge in [0, 0.05) is 36.8 Å². The molecular formula is C15H17N5. The molecule has 5 nitrogen and oxygen atoms in total. The van der Waals surface area contributed by atoms with Crippen molar-refractivity contribution in [3.05, 3.63) is 54.1 Å². The minimum atomic E-state index is 0.0779. The summed E-state index contributed by atoms with van der Waals surface area (Å²) >= 11 is 0. The van der Waals surface area contributed by atoms with E-state index in [1.807, 2.05) is 36.3 Å². The zero-order valence-corrected chi connectivity index (χ0v) is 11.6. The summed E-state index contributed by atoms with van der Waals surface area (Å²) < 4.78 is 1.82. The maximum atomic E-state index is 4.49. The molecule has 2 heterocycles. The van der Waals surface area contributed by atoms with Crippen LogP contribution in [0.25, 0.3) is 11.0 Å². The van der Waals surface area contributed by atoms with Crippen LogP contribution in [0, 0.1) is 0 Å². The van der Waals surface area contributed by atoms with Gasteiger partial charge in [-0.25, -0.2) is 0 Å². The monoisotopic (exact) mass is 267 g/mol. The first kappa shape index (κ1) is 12.7. The highest BCUT2D eigenvalue weighted by Gasteiger charge is 2.17. The van der Waals surface area contributed by atoms with Crippen molar-refractivity contribution >= 4 is 11.0 Å². The van der Waals surface area contributed by atoms with Crippen molar-refractivity contribution in [1.82, 2.24) is 25.1 Å². The number of benzene rings is 1. The van der Waals surface area contributed by atoms with Crippen molar-refractivity contribution in [3.63, 3.8) is 0 Å². The van der Waals surface area contributed by atoms with Gasteiger partial charge in [-0.2, -0.15) is 5.10 Å². The van der Waals surface area contributed by atoms with Crippen LogP contribution in [-0.4, -0.2) is 26.3 Å². The Kier molecular flexibility index (Phi) is 3.43. The Labute approximate surface area is 117 Å². The van der Waals surface area contributed by atoms with Crippen molar-refractivity contribution in [3.8, 4) is 0 Å². The van der Waals surface area contributed by atoms with E-state index in [4.69, 9.17) is 0 Å². The Morgan fingerprint density at radius 2 is 2.10 bits per heavy atom. The molecule has 1 aromatic carbocycles. The fraction of sp³-hybridized carbons (Fsp3) is 0.267.